The average molecular weight is 263 g/mol. The number of aryl methyl sites for hydroxylation is 1. The third-order valence-corrected chi connectivity index (χ3v) is 3.28. The van der Waals surface area contributed by atoms with Gasteiger partial charge in [0.05, 0.1) is 6.61 Å². The van der Waals surface area contributed by atoms with Crippen LogP contribution < -0.4 is 10.1 Å². The third-order valence-electron chi connectivity index (χ3n) is 3.28. The van der Waals surface area contributed by atoms with Crippen molar-refractivity contribution in [2.24, 2.45) is 5.92 Å². The summed E-state index contributed by atoms with van der Waals surface area (Å²) in [6.45, 7) is 14.9. The van der Waals surface area contributed by atoms with E-state index in [-0.39, 0.29) is 0 Å². The van der Waals surface area contributed by atoms with E-state index in [0.717, 1.165) is 18.9 Å². The van der Waals surface area contributed by atoms with Crippen LogP contribution in [0.15, 0.2) is 18.2 Å². The Balaban J connectivity index is 2.54. The first-order valence-corrected chi connectivity index (χ1v) is 7.36. The van der Waals surface area contributed by atoms with E-state index >= 15 is 0 Å². The van der Waals surface area contributed by atoms with Crippen molar-refractivity contribution in [1.29, 1.82) is 0 Å². The number of hydrogen-bond donors (Lipinski definition) is 1. The van der Waals surface area contributed by atoms with E-state index in [1.54, 1.807) is 0 Å². The van der Waals surface area contributed by atoms with Crippen LogP contribution in [0, 0.1) is 12.8 Å². The highest BCUT2D eigenvalue weighted by Crippen LogP contribution is 2.24. The fourth-order valence-electron chi connectivity index (χ4n) is 1.86. The highest BCUT2D eigenvalue weighted by molar-refractivity contribution is 5.37. The number of benzene rings is 1. The van der Waals surface area contributed by atoms with Gasteiger partial charge in [0, 0.05) is 18.5 Å². The number of rotatable bonds is 7. The summed E-state index contributed by atoms with van der Waals surface area (Å²) in [4.78, 5) is 0. The first-order valence-electron chi connectivity index (χ1n) is 7.36. The van der Waals surface area contributed by atoms with Gasteiger partial charge in [-0.1, -0.05) is 46.8 Å². The molecule has 0 fully saturated rings. The van der Waals surface area contributed by atoms with Crippen molar-refractivity contribution < 1.29 is 4.74 Å². The highest BCUT2D eigenvalue weighted by Gasteiger charge is 2.08. The quantitative estimate of drug-likeness (QED) is 0.798. The maximum Gasteiger partial charge on any atom is 0.122 e. The summed E-state index contributed by atoms with van der Waals surface area (Å²) in [5.74, 6) is 2.09. The Morgan fingerprint density at radius 1 is 1.11 bits per heavy atom. The number of ether oxygens (including phenoxy) is 1. The monoisotopic (exact) mass is 263 g/mol. The molecule has 1 atom stereocenters. The predicted octanol–water partition coefficient (Wildman–Crippen LogP) is 4.13. The summed E-state index contributed by atoms with van der Waals surface area (Å²) >= 11 is 0. The fraction of sp³-hybridized carbons (Fsp3) is 0.647. The standard InChI is InChI=1S/C17H29NO/c1-12(2)16-8-7-15(6)17(9-16)19-11-14(5)10-18-13(3)4/h7-9,12-14,18H,10-11H2,1-6H3. The molecule has 0 aliphatic heterocycles. The van der Waals surface area contributed by atoms with E-state index in [1.165, 1.54) is 11.1 Å². The lowest BCUT2D eigenvalue weighted by molar-refractivity contribution is 0.251. The van der Waals surface area contributed by atoms with Crippen LogP contribution in [-0.2, 0) is 0 Å². The normalized spacial score (nSPS) is 13.1. The molecule has 2 heteroatoms. The van der Waals surface area contributed by atoms with E-state index in [9.17, 15) is 0 Å². The molecule has 0 saturated heterocycles. The van der Waals surface area contributed by atoms with E-state index in [1.807, 2.05) is 0 Å². The van der Waals surface area contributed by atoms with Gasteiger partial charge in [-0.15, -0.1) is 0 Å². The molecule has 0 aliphatic rings. The van der Waals surface area contributed by atoms with Crippen LogP contribution in [0.4, 0.5) is 0 Å². The summed E-state index contributed by atoms with van der Waals surface area (Å²) in [6, 6.07) is 7.06. The maximum atomic E-state index is 5.98. The Kier molecular flexibility index (Phi) is 6.36. The van der Waals surface area contributed by atoms with Crippen LogP contribution in [0.3, 0.4) is 0 Å². The van der Waals surface area contributed by atoms with Gasteiger partial charge in [-0.2, -0.15) is 0 Å². The zero-order valence-corrected chi connectivity index (χ0v) is 13.3. The largest absolute Gasteiger partial charge is 0.493 e. The maximum absolute atomic E-state index is 5.98. The molecule has 1 N–H and O–H groups in total. The first kappa shape index (κ1) is 16.0. The van der Waals surface area contributed by atoms with Gasteiger partial charge < -0.3 is 10.1 Å². The first-order chi connectivity index (χ1) is 8.90. The summed E-state index contributed by atoms with van der Waals surface area (Å²) in [5, 5.41) is 3.45. The minimum absolute atomic E-state index is 0.518. The fourth-order valence-corrected chi connectivity index (χ4v) is 1.86. The zero-order valence-electron chi connectivity index (χ0n) is 13.3. The van der Waals surface area contributed by atoms with Crippen molar-refractivity contribution in [3.05, 3.63) is 29.3 Å². The second kappa shape index (κ2) is 7.54. The second-order valence-corrected chi connectivity index (χ2v) is 6.16. The molecule has 0 heterocycles. The van der Waals surface area contributed by atoms with Gasteiger partial charge in [0.25, 0.3) is 0 Å². The topological polar surface area (TPSA) is 21.3 Å². The van der Waals surface area contributed by atoms with Gasteiger partial charge in [-0.3, -0.25) is 0 Å². The summed E-state index contributed by atoms with van der Waals surface area (Å²) in [6.07, 6.45) is 0. The van der Waals surface area contributed by atoms with Crippen molar-refractivity contribution in [3.63, 3.8) is 0 Å². The van der Waals surface area contributed by atoms with E-state index in [4.69, 9.17) is 4.74 Å². The minimum atomic E-state index is 0.518. The molecule has 0 spiro atoms. The van der Waals surface area contributed by atoms with Crippen LogP contribution in [0.25, 0.3) is 0 Å². The van der Waals surface area contributed by atoms with Crippen LogP contribution >= 0.6 is 0 Å². The van der Waals surface area contributed by atoms with E-state index < -0.39 is 0 Å². The van der Waals surface area contributed by atoms with E-state index in [2.05, 4.69) is 65.1 Å². The van der Waals surface area contributed by atoms with Gasteiger partial charge in [0.2, 0.25) is 0 Å². The van der Waals surface area contributed by atoms with Crippen LogP contribution in [0.1, 0.15) is 51.7 Å². The van der Waals surface area contributed by atoms with Crippen molar-refractivity contribution in [1.82, 2.24) is 5.32 Å². The smallest absolute Gasteiger partial charge is 0.122 e. The van der Waals surface area contributed by atoms with Crippen LogP contribution in [0.2, 0.25) is 0 Å². The third kappa shape index (κ3) is 5.65. The van der Waals surface area contributed by atoms with Gasteiger partial charge in [0.1, 0.15) is 5.75 Å². The molecular weight excluding hydrogens is 234 g/mol. The Labute approximate surface area is 118 Å². The van der Waals surface area contributed by atoms with Gasteiger partial charge >= 0.3 is 0 Å². The predicted molar refractivity (Wildman–Crippen MR) is 83.1 cm³/mol. The molecule has 1 aromatic rings. The second-order valence-electron chi connectivity index (χ2n) is 6.16. The molecular formula is C17H29NO. The molecule has 0 saturated carbocycles. The Morgan fingerprint density at radius 2 is 1.79 bits per heavy atom. The molecule has 0 amide bonds. The molecule has 2 nitrogen and oxygen atoms in total. The average Bonchev–Trinajstić information content (AvgIpc) is 2.35. The molecule has 1 aromatic carbocycles. The molecule has 0 aromatic heterocycles. The molecule has 0 radical (unpaired) electrons. The van der Waals surface area contributed by atoms with Gasteiger partial charge in [-0.25, -0.2) is 0 Å². The Morgan fingerprint density at radius 3 is 2.37 bits per heavy atom. The summed E-state index contributed by atoms with van der Waals surface area (Å²) in [7, 11) is 0. The Bertz CT molecular complexity index is 385. The van der Waals surface area contributed by atoms with Crippen molar-refractivity contribution in [3.8, 4) is 5.75 Å². The number of hydrogen-bond acceptors (Lipinski definition) is 2. The minimum Gasteiger partial charge on any atom is -0.493 e. The SMILES string of the molecule is Cc1ccc(C(C)C)cc1OCC(C)CNC(C)C. The molecule has 1 rings (SSSR count). The molecule has 19 heavy (non-hydrogen) atoms. The van der Waals surface area contributed by atoms with Crippen molar-refractivity contribution in [2.45, 2.75) is 53.5 Å². The van der Waals surface area contributed by atoms with Crippen molar-refractivity contribution >= 4 is 0 Å². The van der Waals surface area contributed by atoms with Crippen LogP contribution in [0.5, 0.6) is 5.75 Å². The number of nitrogens with one attached hydrogen (secondary N) is 1. The summed E-state index contributed by atoms with van der Waals surface area (Å²) in [5.41, 5.74) is 2.56. The molecule has 0 aliphatic carbocycles. The van der Waals surface area contributed by atoms with Gasteiger partial charge in [-0.05, 0) is 30.0 Å². The molecule has 1 unspecified atom stereocenters. The lowest BCUT2D eigenvalue weighted by Gasteiger charge is -2.17. The molecule has 108 valence electrons. The zero-order chi connectivity index (χ0) is 14.4. The van der Waals surface area contributed by atoms with Crippen LogP contribution in [-0.4, -0.2) is 19.2 Å². The lowest BCUT2D eigenvalue weighted by atomic mass is 10.0. The Hall–Kier alpha value is -1.02. The highest BCUT2D eigenvalue weighted by atomic mass is 16.5. The lowest BCUT2D eigenvalue weighted by Crippen LogP contribution is -2.30. The summed E-state index contributed by atoms with van der Waals surface area (Å²) < 4.78 is 5.98. The molecule has 0 bridgehead atoms. The van der Waals surface area contributed by atoms with Crippen molar-refractivity contribution in [2.75, 3.05) is 13.2 Å². The van der Waals surface area contributed by atoms with Gasteiger partial charge in [0.15, 0.2) is 0 Å². The van der Waals surface area contributed by atoms with E-state index in [0.29, 0.717) is 17.9 Å².